The minimum Gasteiger partial charge on any atom is -0.393 e. The first-order valence-corrected chi connectivity index (χ1v) is 4.88. The molecule has 2 amide bonds. The number of hydrogen-bond acceptors (Lipinski definition) is 2. The molecule has 13 heavy (non-hydrogen) atoms. The lowest BCUT2D eigenvalue weighted by atomic mass is 9.95. The SMILES string of the molecule is CN1CC[C@H]2C[C@@H](O)CCN2C1=O. The highest BCUT2D eigenvalue weighted by Crippen LogP contribution is 2.24. The van der Waals surface area contributed by atoms with E-state index in [1.54, 1.807) is 4.90 Å². The average molecular weight is 184 g/mol. The van der Waals surface area contributed by atoms with Crippen LogP contribution in [-0.4, -0.2) is 53.2 Å². The largest absolute Gasteiger partial charge is 0.393 e. The molecule has 2 saturated heterocycles. The number of fused-ring (bicyclic) bond motifs is 1. The molecule has 1 N–H and O–H groups in total. The molecular formula is C9H16N2O2. The summed E-state index contributed by atoms with van der Waals surface area (Å²) in [6.45, 7) is 1.54. The lowest BCUT2D eigenvalue weighted by Crippen LogP contribution is -2.56. The van der Waals surface area contributed by atoms with Gasteiger partial charge in [0.1, 0.15) is 0 Å². The van der Waals surface area contributed by atoms with Crippen LogP contribution in [0.1, 0.15) is 19.3 Å². The van der Waals surface area contributed by atoms with Crippen LogP contribution in [0.4, 0.5) is 4.79 Å². The zero-order chi connectivity index (χ0) is 9.42. The van der Waals surface area contributed by atoms with E-state index in [0.717, 1.165) is 32.4 Å². The standard InChI is InChI=1S/C9H16N2O2/c1-10-4-2-7-6-8(12)3-5-11(7)9(10)13/h7-8,12H,2-6H2,1H3/t7-,8-/m0/s1. The Morgan fingerprint density at radius 1 is 1.38 bits per heavy atom. The maximum absolute atomic E-state index is 11.6. The third-order valence-corrected chi connectivity index (χ3v) is 3.06. The fourth-order valence-corrected chi connectivity index (χ4v) is 2.21. The molecule has 2 aliphatic heterocycles. The molecule has 0 aromatic heterocycles. The van der Waals surface area contributed by atoms with Gasteiger partial charge < -0.3 is 14.9 Å². The minimum absolute atomic E-state index is 0.128. The number of amides is 2. The van der Waals surface area contributed by atoms with Gasteiger partial charge in [0.05, 0.1) is 6.10 Å². The zero-order valence-corrected chi connectivity index (χ0v) is 7.94. The molecular weight excluding hydrogens is 168 g/mol. The summed E-state index contributed by atoms with van der Waals surface area (Å²) in [4.78, 5) is 15.3. The van der Waals surface area contributed by atoms with E-state index in [1.165, 1.54) is 0 Å². The molecule has 0 saturated carbocycles. The van der Waals surface area contributed by atoms with Crippen molar-refractivity contribution < 1.29 is 9.90 Å². The number of nitrogens with zero attached hydrogens (tertiary/aromatic N) is 2. The van der Waals surface area contributed by atoms with E-state index in [1.807, 2.05) is 11.9 Å². The molecule has 0 aliphatic carbocycles. The summed E-state index contributed by atoms with van der Waals surface area (Å²) in [7, 11) is 1.84. The summed E-state index contributed by atoms with van der Waals surface area (Å²) in [5.74, 6) is 0. The molecule has 2 rings (SSSR count). The topological polar surface area (TPSA) is 43.8 Å². The van der Waals surface area contributed by atoms with Crippen LogP contribution in [0.3, 0.4) is 0 Å². The Balaban J connectivity index is 2.06. The molecule has 0 bridgehead atoms. The molecule has 0 radical (unpaired) electrons. The molecule has 4 nitrogen and oxygen atoms in total. The average Bonchev–Trinajstić information content (AvgIpc) is 2.12. The fraction of sp³-hybridized carbons (Fsp3) is 0.889. The molecule has 4 heteroatoms. The second-order valence-electron chi connectivity index (χ2n) is 4.02. The quantitative estimate of drug-likeness (QED) is 0.587. The van der Waals surface area contributed by atoms with Crippen LogP contribution < -0.4 is 0 Å². The summed E-state index contributed by atoms with van der Waals surface area (Å²) in [6.07, 6.45) is 2.30. The van der Waals surface area contributed by atoms with Gasteiger partial charge in [-0.15, -0.1) is 0 Å². The van der Waals surface area contributed by atoms with Gasteiger partial charge in [0.2, 0.25) is 0 Å². The Hall–Kier alpha value is -0.770. The predicted molar refractivity (Wildman–Crippen MR) is 48.4 cm³/mol. The normalized spacial score (nSPS) is 34.8. The molecule has 0 aromatic carbocycles. The summed E-state index contributed by atoms with van der Waals surface area (Å²) in [6, 6.07) is 0.413. The van der Waals surface area contributed by atoms with Crippen LogP contribution in [0.5, 0.6) is 0 Å². The number of urea groups is 1. The van der Waals surface area contributed by atoms with Crippen LogP contribution in [0, 0.1) is 0 Å². The van der Waals surface area contributed by atoms with E-state index in [0.29, 0.717) is 0 Å². The van der Waals surface area contributed by atoms with Crippen LogP contribution in [0.25, 0.3) is 0 Å². The number of carbonyl (C=O) groups is 1. The van der Waals surface area contributed by atoms with Crippen molar-refractivity contribution in [2.75, 3.05) is 20.1 Å². The molecule has 2 atom stereocenters. The second-order valence-corrected chi connectivity index (χ2v) is 4.02. The predicted octanol–water partition coefficient (Wildman–Crippen LogP) is 0.267. The van der Waals surface area contributed by atoms with E-state index in [9.17, 15) is 9.90 Å². The lowest BCUT2D eigenvalue weighted by Gasteiger charge is -2.44. The van der Waals surface area contributed by atoms with E-state index < -0.39 is 0 Å². The first-order chi connectivity index (χ1) is 6.18. The highest BCUT2D eigenvalue weighted by Gasteiger charge is 2.35. The molecule has 74 valence electrons. The zero-order valence-electron chi connectivity index (χ0n) is 7.94. The van der Waals surface area contributed by atoms with Crippen molar-refractivity contribution in [1.82, 2.24) is 9.80 Å². The monoisotopic (exact) mass is 184 g/mol. The molecule has 2 aliphatic rings. The summed E-state index contributed by atoms with van der Waals surface area (Å²) in [5.41, 5.74) is 0. The van der Waals surface area contributed by atoms with Gasteiger partial charge in [0.15, 0.2) is 0 Å². The van der Waals surface area contributed by atoms with Crippen molar-refractivity contribution in [1.29, 1.82) is 0 Å². The van der Waals surface area contributed by atoms with Crippen molar-refractivity contribution in [3.8, 4) is 0 Å². The first kappa shape index (κ1) is 8.81. The van der Waals surface area contributed by atoms with Crippen molar-refractivity contribution in [3.63, 3.8) is 0 Å². The van der Waals surface area contributed by atoms with Crippen LogP contribution in [0.15, 0.2) is 0 Å². The molecule has 0 unspecified atom stereocenters. The minimum atomic E-state index is -0.197. The summed E-state index contributed by atoms with van der Waals surface area (Å²) < 4.78 is 0. The van der Waals surface area contributed by atoms with Gasteiger partial charge in [0, 0.05) is 26.2 Å². The van der Waals surface area contributed by atoms with E-state index in [2.05, 4.69) is 0 Å². The number of rotatable bonds is 0. The number of aliphatic hydroxyl groups is 1. The highest BCUT2D eigenvalue weighted by atomic mass is 16.3. The van der Waals surface area contributed by atoms with Gasteiger partial charge in [-0.25, -0.2) is 4.79 Å². The van der Waals surface area contributed by atoms with Crippen molar-refractivity contribution >= 4 is 6.03 Å². The Labute approximate surface area is 78.1 Å². The second kappa shape index (κ2) is 3.18. The lowest BCUT2D eigenvalue weighted by molar-refractivity contribution is 0.0291. The Morgan fingerprint density at radius 2 is 2.15 bits per heavy atom. The van der Waals surface area contributed by atoms with Gasteiger partial charge in [-0.3, -0.25) is 0 Å². The van der Waals surface area contributed by atoms with Crippen LogP contribution in [-0.2, 0) is 0 Å². The Morgan fingerprint density at radius 3 is 2.92 bits per heavy atom. The van der Waals surface area contributed by atoms with E-state index in [-0.39, 0.29) is 18.2 Å². The maximum Gasteiger partial charge on any atom is 0.319 e. The highest BCUT2D eigenvalue weighted by molar-refractivity contribution is 5.75. The van der Waals surface area contributed by atoms with Gasteiger partial charge in [-0.2, -0.15) is 0 Å². The van der Waals surface area contributed by atoms with E-state index in [4.69, 9.17) is 0 Å². The summed E-state index contributed by atoms with van der Waals surface area (Å²) >= 11 is 0. The van der Waals surface area contributed by atoms with Gasteiger partial charge in [-0.05, 0) is 19.3 Å². The molecule has 2 heterocycles. The number of piperidine rings is 1. The third-order valence-electron chi connectivity index (χ3n) is 3.06. The van der Waals surface area contributed by atoms with Crippen LogP contribution >= 0.6 is 0 Å². The van der Waals surface area contributed by atoms with Gasteiger partial charge in [0.25, 0.3) is 0 Å². The molecule has 2 fully saturated rings. The van der Waals surface area contributed by atoms with Gasteiger partial charge >= 0.3 is 6.03 Å². The fourth-order valence-electron chi connectivity index (χ4n) is 2.21. The van der Waals surface area contributed by atoms with Crippen molar-refractivity contribution in [3.05, 3.63) is 0 Å². The van der Waals surface area contributed by atoms with Crippen molar-refractivity contribution in [2.24, 2.45) is 0 Å². The first-order valence-electron chi connectivity index (χ1n) is 4.88. The van der Waals surface area contributed by atoms with E-state index >= 15 is 0 Å². The Kier molecular flexibility index (Phi) is 2.15. The Bertz CT molecular complexity index is 220. The van der Waals surface area contributed by atoms with Crippen molar-refractivity contribution in [2.45, 2.75) is 31.4 Å². The van der Waals surface area contributed by atoms with Gasteiger partial charge in [-0.1, -0.05) is 0 Å². The number of aliphatic hydroxyl groups excluding tert-OH is 1. The summed E-state index contributed by atoms with van der Waals surface area (Å²) in [5, 5.41) is 9.45. The molecule has 0 aromatic rings. The number of hydrogen-bond donors (Lipinski definition) is 1. The molecule has 0 spiro atoms. The third kappa shape index (κ3) is 1.50. The van der Waals surface area contributed by atoms with Crippen LogP contribution in [0.2, 0.25) is 0 Å². The number of carbonyl (C=O) groups excluding carboxylic acids is 1. The maximum atomic E-state index is 11.6. The smallest absolute Gasteiger partial charge is 0.319 e.